The van der Waals surface area contributed by atoms with Crippen LogP contribution in [-0.4, -0.2) is 16.8 Å². The minimum absolute atomic E-state index is 0.193. The van der Waals surface area contributed by atoms with Crippen LogP contribution in [0.15, 0.2) is 84.9 Å². The summed E-state index contributed by atoms with van der Waals surface area (Å²) in [6.07, 6.45) is 0.841. The molecule has 0 atom stereocenters. The molecule has 2 N–H and O–H groups in total. The predicted molar refractivity (Wildman–Crippen MR) is 126 cm³/mol. The van der Waals surface area contributed by atoms with Crippen molar-refractivity contribution in [2.45, 2.75) is 13.3 Å². The van der Waals surface area contributed by atoms with Crippen molar-refractivity contribution in [1.82, 2.24) is 4.98 Å². The van der Waals surface area contributed by atoms with Gasteiger partial charge in [-0.15, -0.1) is 11.3 Å². The second-order valence-electron chi connectivity index (χ2n) is 6.86. The van der Waals surface area contributed by atoms with E-state index in [-0.39, 0.29) is 11.8 Å². The lowest BCUT2D eigenvalue weighted by atomic mass is 10.1. The summed E-state index contributed by atoms with van der Waals surface area (Å²) in [4.78, 5) is 30.7. The zero-order valence-corrected chi connectivity index (χ0v) is 17.8. The molecule has 1 aromatic heterocycles. The molecule has 0 aliphatic carbocycles. The zero-order valence-electron chi connectivity index (χ0n) is 17.0. The Bertz CT molecular complexity index is 1190. The predicted octanol–water partition coefficient (Wildman–Crippen LogP) is 5.88. The van der Waals surface area contributed by atoms with E-state index >= 15 is 0 Å². The second kappa shape index (κ2) is 9.36. The highest BCUT2D eigenvalue weighted by Crippen LogP contribution is 2.31. The van der Waals surface area contributed by atoms with Crippen molar-refractivity contribution in [1.29, 1.82) is 0 Å². The molecule has 0 aliphatic heterocycles. The fourth-order valence-corrected chi connectivity index (χ4v) is 4.05. The van der Waals surface area contributed by atoms with Crippen LogP contribution in [0.4, 0.5) is 10.8 Å². The minimum Gasteiger partial charge on any atom is -0.322 e. The summed E-state index contributed by atoms with van der Waals surface area (Å²) in [5.41, 5.74) is 3.64. The van der Waals surface area contributed by atoms with Gasteiger partial charge in [0.05, 0.1) is 5.69 Å². The fraction of sp³-hybridized carbons (Fsp3) is 0.0800. The highest BCUT2D eigenvalue weighted by molar-refractivity contribution is 7.16. The van der Waals surface area contributed by atoms with Crippen LogP contribution < -0.4 is 10.6 Å². The van der Waals surface area contributed by atoms with Gasteiger partial charge in [0.2, 0.25) is 0 Å². The second-order valence-corrected chi connectivity index (χ2v) is 7.95. The Balaban J connectivity index is 1.44. The third-order valence-corrected chi connectivity index (χ3v) is 5.84. The molecule has 4 rings (SSSR count). The minimum atomic E-state index is -0.239. The first-order valence-electron chi connectivity index (χ1n) is 9.97. The molecule has 0 aliphatic rings. The molecule has 2 amide bonds. The molecule has 31 heavy (non-hydrogen) atoms. The Morgan fingerprint density at radius 1 is 0.774 bits per heavy atom. The third kappa shape index (κ3) is 4.87. The van der Waals surface area contributed by atoms with Gasteiger partial charge in [0.15, 0.2) is 5.13 Å². The number of hydrogen-bond donors (Lipinski definition) is 2. The van der Waals surface area contributed by atoms with Crippen molar-refractivity contribution in [2.24, 2.45) is 0 Å². The molecule has 4 aromatic rings. The van der Waals surface area contributed by atoms with Crippen LogP contribution in [0.1, 0.15) is 32.5 Å². The van der Waals surface area contributed by atoms with Crippen LogP contribution in [0.5, 0.6) is 0 Å². The Kier molecular flexibility index (Phi) is 6.19. The van der Waals surface area contributed by atoms with Crippen molar-refractivity contribution < 1.29 is 9.59 Å². The number of aromatic nitrogens is 1. The van der Waals surface area contributed by atoms with Gasteiger partial charge in [-0.2, -0.15) is 0 Å². The van der Waals surface area contributed by atoms with Gasteiger partial charge >= 0.3 is 0 Å². The van der Waals surface area contributed by atoms with E-state index in [1.54, 1.807) is 36.4 Å². The van der Waals surface area contributed by atoms with Crippen LogP contribution in [0.2, 0.25) is 0 Å². The maximum atomic E-state index is 12.7. The van der Waals surface area contributed by atoms with Gasteiger partial charge in [0.1, 0.15) is 0 Å². The topological polar surface area (TPSA) is 71.1 Å². The van der Waals surface area contributed by atoms with Crippen molar-refractivity contribution in [3.63, 3.8) is 0 Å². The smallest absolute Gasteiger partial charge is 0.257 e. The average molecular weight is 428 g/mol. The van der Waals surface area contributed by atoms with Crippen molar-refractivity contribution in [3.05, 3.63) is 101 Å². The number of aryl methyl sites for hydroxylation is 1. The average Bonchev–Trinajstić information content (AvgIpc) is 3.23. The first-order chi connectivity index (χ1) is 15.1. The summed E-state index contributed by atoms with van der Waals surface area (Å²) in [7, 11) is 0. The zero-order chi connectivity index (χ0) is 21.6. The number of rotatable bonds is 6. The maximum Gasteiger partial charge on any atom is 0.257 e. The van der Waals surface area contributed by atoms with Gasteiger partial charge in [0, 0.05) is 27.3 Å². The monoisotopic (exact) mass is 427 g/mol. The van der Waals surface area contributed by atoms with Gasteiger partial charge in [0.25, 0.3) is 11.8 Å². The number of anilines is 2. The summed E-state index contributed by atoms with van der Waals surface area (Å²) >= 11 is 1.49. The molecule has 3 aromatic carbocycles. The van der Waals surface area contributed by atoms with Crippen LogP contribution in [0.25, 0.3) is 11.3 Å². The van der Waals surface area contributed by atoms with E-state index in [1.165, 1.54) is 11.3 Å². The van der Waals surface area contributed by atoms with Crippen LogP contribution in [-0.2, 0) is 6.42 Å². The first kappa shape index (κ1) is 20.5. The van der Waals surface area contributed by atoms with Gasteiger partial charge in [-0.3, -0.25) is 14.9 Å². The number of amides is 2. The number of carbonyl (C=O) groups excluding carboxylic acids is 2. The summed E-state index contributed by atoms with van der Waals surface area (Å²) < 4.78 is 0. The van der Waals surface area contributed by atoms with Gasteiger partial charge in [-0.1, -0.05) is 55.5 Å². The lowest BCUT2D eigenvalue weighted by molar-refractivity contribution is 0.102. The van der Waals surface area contributed by atoms with Crippen molar-refractivity contribution in [2.75, 3.05) is 10.6 Å². The molecule has 0 radical (unpaired) electrons. The molecular weight excluding hydrogens is 406 g/mol. The summed E-state index contributed by atoms with van der Waals surface area (Å²) in [5, 5.41) is 6.29. The van der Waals surface area contributed by atoms with E-state index in [4.69, 9.17) is 0 Å². The van der Waals surface area contributed by atoms with Gasteiger partial charge < -0.3 is 5.32 Å². The quantitative estimate of drug-likeness (QED) is 0.404. The number of nitrogens with one attached hydrogen (secondary N) is 2. The van der Waals surface area contributed by atoms with E-state index in [2.05, 4.69) is 22.5 Å². The molecule has 0 saturated carbocycles. The van der Waals surface area contributed by atoms with E-state index in [1.807, 2.05) is 48.5 Å². The van der Waals surface area contributed by atoms with Crippen LogP contribution >= 0.6 is 11.3 Å². The normalized spacial score (nSPS) is 10.5. The Morgan fingerprint density at radius 3 is 2.00 bits per heavy atom. The number of benzene rings is 3. The number of nitrogens with zero attached hydrogens (tertiary/aromatic N) is 1. The Hall–Kier alpha value is -3.77. The molecule has 0 unspecified atom stereocenters. The molecule has 6 heteroatoms. The maximum absolute atomic E-state index is 12.7. The highest BCUT2D eigenvalue weighted by Gasteiger charge is 2.15. The summed E-state index contributed by atoms with van der Waals surface area (Å²) in [5.74, 6) is -0.432. The molecule has 0 bridgehead atoms. The molecular formula is C25H21N3O2S. The lowest BCUT2D eigenvalue weighted by Crippen LogP contribution is -2.13. The third-order valence-electron chi connectivity index (χ3n) is 4.73. The largest absolute Gasteiger partial charge is 0.322 e. The van der Waals surface area contributed by atoms with Gasteiger partial charge in [-0.05, 0) is 42.8 Å². The van der Waals surface area contributed by atoms with Crippen molar-refractivity contribution >= 4 is 34.0 Å². The molecule has 154 valence electrons. The lowest BCUT2D eigenvalue weighted by Gasteiger charge is -2.06. The molecule has 0 saturated heterocycles. The number of hydrogen-bond acceptors (Lipinski definition) is 4. The van der Waals surface area contributed by atoms with Crippen LogP contribution in [0, 0.1) is 0 Å². The fourth-order valence-electron chi connectivity index (χ4n) is 3.13. The van der Waals surface area contributed by atoms with E-state index < -0.39 is 0 Å². The SMILES string of the molecule is CCc1sc(NC(=O)c2ccc(NC(=O)c3ccccc3)cc2)nc1-c1ccccc1. The summed E-state index contributed by atoms with van der Waals surface area (Å²) in [6.45, 7) is 2.08. The summed E-state index contributed by atoms with van der Waals surface area (Å²) in [6, 6.07) is 25.7. The van der Waals surface area contributed by atoms with E-state index in [9.17, 15) is 9.59 Å². The molecule has 0 spiro atoms. The first-order valence-corrected chi connectivity index (χ1v) is 10.8. The van der Waals surface area contributed by atoms with E-state index in [0.717, 1.165) is 22.6 Å². The standard InChI is InChI=1S/C25H21N3O2S/c1-2-21-22(17-9-5-3-6-10-17)27-25(31-21)28-24(30)19-13-15-20(16-14-19)26-23(29)18-11-7-4-8-12-18/h3-16H,2H2,1H3,(H,26,29)(H,27,28,30). The Labute approximate surface area is 184 Å². The van der Waals surface area contributed by atoms with Crippen molar-refractivity contribution in [3.8, 4) is 11.3 Å². The van der Waals surface area contributed by atoms with Crippen LogP contribution in [0.3, 0.4) is 0 Å². The highest BCUT2D eigenvalue weighted by atomic mass is 32.1. The molecule has 0 fully saturated rings. The van der Waals surface area contributed by atoms with Gasteiger partial charge in [-0.25, -0.2) is 4.98 Å². The number of thiazole rings is 1. The van der Waals surface area contributed by atoms with E-state index in [0.29, 0.717) is 21.9 Å². The Morgan fingerprint density at radius 2 is 1.35 bits per heavy atom. The molecule has 5 nitrogen and oxygen atoms in total. The molecule has 1 heterocycles. The number of carbonyl (C=O) groups is 2.